The maximum Gasteiger partial charge on any atom is 0.161 e. The second kappa shape index (κ2) is 8.06. The lowest BCUT2D eigenvalue weighted by molar-refractivity contribution is 0.219. The maximum atomic E-state index is 10.6. The van der Waals surface area contributed by atoms with E-state index in [1.165, 1.54) is 0 Å². The minimum atomic E-state index is -0.782. The number of ether oxygens (including phenoxy) is 2. The van der Waals surface area contributed by atoms with Crippen LogP contribution in [-0.4, -0.2) is 12.2 Å². The molecule has 128 valence electrons. The number of halogens is 1. The van der Waals surface area contributed by atoms with Gasteiger partial charge in [0.1, 0.15) is 12.7 Å². The van der Waals surface area contributed by atoms with Crippen molar-refractivity contribution in [3.8, 4) is 11.5 Å². The standard InChI is InChI=1S/C21H19ClO3/c1-24-20-13-17(21(23)16-8-5-9-18(22)12-16)10-11-19(20)25-14-15-6-3-2-4-7-15/h2-13,21,23H,14H2,1H3. The molecule has 3 aromatic rings. The summed E-state index contributed by atoms with van der Waals surface area (Å²) in [6.45, 7) is 0.452. The molecule has 0 spiro atoms. The highest BCUT2D eigenvalue weighted by Crippen LogP contribution is 2.33. The van der Waals surface area contributed by atoms with E-state index < -0.39 is 6.10 Å². The van der Waals surface area contributed by atoms with E-state index in [1.807, 2.05) is 54.6 Å². The zero-order chi connectivity index (χ0) is 17.6. The van der Waals surface area contributed by atoms with Crippen LogP contribution in [0, 0.1) is 0 Å². The van der Waals surface area contributed by atoms with Crippen molar-refractivity contribution in [2.24, 2.45) is 0 Å². The second-order valence-electron chi connectivity index (χ2n) is 5.64. The molecule has 25 heavy (non-hydrogen) atoms. The molecule has 1 N–H and O–H groups in total. The molecule has 0 aliphatic rings. The van der Waals surface area contributed by atoms with Crippen molar-refractivity contribution in [3.63, 3.8) is 0 Å². The minimum absolute atomic E-state index is 0.452. The van der Waals surface area contributed by atoms with E-state index in [9.17, 15) is 5.11 Å². The quantitative estimate of drug-likeness (QED) is 0.676. The SMILES string of the molecule is COc1cc(C(O)c2cccc(Cl)c2)ccc1OCc1ccccc1. The molecule has 1 unspecified atom stereocenters. The van der Waals surface area contributed by atoms with Gasteiger partial charge in [-0.25, -0.2) is 0 Å². The summed E-state index contributed by atoms with van der Waals surface area (Å²) in [5.74, 6) is 1.21. The van der Waals surface area contributed by atoms with E-state index in [0.29, 0.717) is 28.7 Å². The van der Waals surface area contributed by atoms with Crippen LogP contribution in [0.5, 0.6) is 11.5 Å². The van der Waals surface area contributed by atoms with Gasteiger partial charge >= 0.3 is 0 Å². The number of hydrogen-bond acceptors (Lipinski definition) is 3. The molecule has 0 radical (unpaired) electrons. The molecular formula is C21H19ClO3. The molecule has 0 bridgehead atoms. The molecule has 0 saturated heterocycles. The fraction of sp³-hybridized carbons (Fsp3) is 0.143. The van der Waals surface area contributed by atoms with E-state index in [0.717, 1.165) is 11.1 Å². The highest BCUT2D eigenvalue weighted by Gasteiger charge is 2.14. The Kier molecular flexibility index (Phi) is 5.59. The molecule has 4 heteroatoms. The molecule has 0 amide bonds. The third-order valence-corrected chi connectivity index (χ3v) is 4.14. The summed E-state index contributed by atoms with van der Waals surface area (Å²) in [4.78, 5) is 0. The molecule has 0 aromatic heterocycles. The molecular weight excluding hydrogens is 336 g/mol. The third kappa shape index (κ3) is 4.32. The molecule has 1 atom stereocenters. The van der Waals surface area contributed by atoms with Gasteiger partial charge in [-0.15, -0.1) is 0 Å². The van der Waals surface area contributed by atoms with Crippen LogP contribution in [0.1, 0.15) is 22.8 Å². The molecule has 3 aromatic carbocycles. The number of aliphatic hydroxyl groups excluding tert-OH is 1. The summed E-state index contributed by atoms with van der Waals surface area (Å²) in [5.41, 5.74) is 2.52. The second-order valence-corrected chi connectivity index (χ2v) is 6.08. The van der Waals surface area contributed by atoms with Gasteiger partial charge in [-0.1, -0.05) is 60.1 Å². The summed E-state index contributed by atoms with van der Waals surface area (Å²) < 4.78 is 11.3. The first-order valence-corrected chi connectivity index (χ1v) is 8.33. The summed E-state index contributed by atoms with van der Waals surface area (Å²) in [7, 11) is 1.58. The average Bonchev–Trinajstić information content (AvgIpc) is 2.66. The number of hydrogen-bond donors (Lipinski definition) is 1. The first kappa shape index (κ1) is 17.3. The van der Waals surface area contributed by atoms with Crippen LogP contribution in [0.25, 0.3) is 0 Å². The van der Waals surface area contributed by atoms with Crippen LogP contribution in [0.3, 0.4) is 0 Å². The van der Waals surface area contributed by atoms with Gasteiger partial charge in [0.2, 0.25) is 0 Å². The van der Waals surface area contributed by atoms with E-state index >= 15 is 0 Å². The van der Waals surface area contributed by atoms with Crippen molar-refractivity contribution in [2.45, 2.75) is 12.7 Å². The molecule has 0 saturated carbocycles. The van der Waals surface area contributed by atoms with Gasteiger partial charge in [0.05, 0.1) is 7.11 Å². The zero-order valence-corrected chi connectivity index (χ0v) is 14.6. The van der Waals surface area contributed by atoms with Crippen molar-refractivity contribution in [1.82, 2.24) is 0 Å². The minimum Gasteiger partial charge on any atom is -0.493 e. The fourth-order valence-electron chi connectivity index (χ4n) is 2.58. The van der Waals surface area contributed by atoms with Gasteiger partial charge in [0, 0.05) is 5.02 Å². The van der Waals surface area contributed by atoms with Gasteiger partial charge < -0.3 is 14.6 Å². The number of rotatable bonds is 6. The maximum absolute atomic E-state index is 10.6. The number of benzene rings is 3. The summed E-state index contributed by atoms with van der Waals surface area (Å²) in [6, 6.07) is 22.5. The predicted molar refractivity (Wildman–Crippen MR) is 99.3 cm³/mol. The Balaban J connectivity index is 1.79. The van der Waals surface area contributed by atoms with Crippen molar-refractivity contribution in [2.75, 3.05) is 7.11 Å². The van der Waals surface area contributed by atoms with Gasteiger partial charge in [-0.2, -0.15) is 0 Å². The topological polar surface area (TPSA) is 38.7 Å². The zero-order valence-electron chi connectivity index (χ0n) is 13.9. The monoisotopic (exact) mass is 354 g/mol. The largest absolute Gasteiger partial charge is 0.493 e. The highest BCUT2D eigenvalue weighted by atomic mass is 35.5. The van der Waals surface area contributed by atoms with Crippen LogP contribution >= 0.6 is 11.6 Å². The van der Waals surface area contributed by atoms with Crippen molar-refractivity contribution >= 4 is 11.6 Å². The third-order valence-electron chi connectivity index (χ3n) is 3.90. The smallest absolute Gasteiger partial charge is 0.161 e. The van der Waals surface area contributed by atoms with E-state index in [4.69, 9.17) is 21.1 Å². The molecule has 0 aliphatic carbocycles. The Morgan fingerprint density at radius 3 is 2.36 bits per heavy atom. The van der Waals surface area contributed by atoms with Crippen LogP contribution in [0.15, 0.2) is 72.8 Å². The highest BCUT2D eigenvalue weighted by molar-refractivity contribution is 6.30. The molecule has 0 aliphatic heterocycles. The van der Waals surface area contributed by atoms with Gasteiger partial charge in [0.25, 0.3) is 0 Å². The van der Waals surface area contributed by atoms with Crippen LogP contribution in [0.4, 0.5) is 0 Å². The van der Waals surface area contributed by atoms with Crippen LogP contribution in [0.2, 0.25) is 5.02 Å². The Labute approximate surface area is 152 Å². The molecule has 3 rings (SSSR count). The van der Waals surface area contributed by atoms with Crippen LogP contribution in [-0.2, 0) is 6.61 Å². The van der Waals surface area contributed by atoms with Gasteiger partial charge in [-0.05, 0) is 41.0 Å². The number of aliphatic hydroxyl groups is 1. The molecule has 0 fully saturated rings. The van der Waals surface area contributed by atoms with Gasteiger partial charge in [-0.3, -0.25) is 0 Å². The van der Waals surface area contributed by atoms with Crippen molar-refractivity contribution in [1.29, 1.82) is 0 Å². The predicted octanol–water partition coefficient (Wildman–Crippen LogP) is 5.01. The Hall–Kier alpha value is -2.49. The van der Waals surface area contributed by atoms with E-state index in [1.54, 1.807) is 25.3 Å². The lowest BCUT2D eigenvalue weighted by Crippen LogP contribution is -2.02. The summed E-state index contributed by atoms with van der Waals surface area (Å²) in [5, 5.41) is 11.2. The van der Waals surface area contributed by atoms with Crippen LogP contribution < -0.4 is 9.47 Å². The molecule has 3 nitrogen and oxygen atoms in total. The average molecular weight is 355 g/mol. The Morgan fingerprint density at radius 1 is 0.880 bits per heavy atom. The normalized spacial score (nSPS) is 11.8. The molecule has 0 heterocycles. The summed E-state index contributed by atoms with van der Waals surface area (Å²) >= 11 is 6.00. The lowest BCUT2D eigenvalue weighted by atomic mass is 10.0. The Bertz CT molecular complexity index is 834. The Morgan fingerprint density at radius 2 is 1.64 bits per heavy atom. The lowest BCUT2D eigenvalue weighted by Gasteiger charge is -2.16. The van der Waals surface area contributed by atoms with Crippen molar-refractivity contribution in [3.05, 3.63) is 94.5 Å². The fourth-order valence-corrected chi connectivity index (χ4v) is 2.78. The summed E-state index contributed by atoms with van der Waals surface area (Å²) in [6.07, 6.45) is -0.782. The van der Waals surface area contributed by atoms with E-state index in [-0.39, 0.29) is 0 Å². The van der Waals surface area contributed by atoms with Gasteiger partial charge in [0.15, 0.2) is 11.5 Å². The first-order chi connectivity index (χ1) is 12.2. The number of methoxy groups -OCH3 is 1. The van der Waals surface area contributed by atoms with E-state index in [2.05, 4.69) is 0 Å². The van der Waals surface area contributed by atoms with Crippen molar-refractivity contribution < 1.29 is 14.6 Å². The first-order valence-electron chi connectivity index (χ1n) is 7.95.